The van der Waals surface area contributed by atoms with Crippen LogP contribution in [0.4, 0.5) is 0 Å². The number of esters is 1. The predicted octanol–water partition coefficient (Wildman–Crippen LogP) is 2.44. The van der Waals surface area contributed by atoms with Gasteiger partial charge in [0.25, 0.3) is 11.7 Å². The molecule has 1 aromatic heterocycles. The van der Waals surface area contributed by atoms with Crippen LogP contribution in [-0.2, 0) is 20.9 Å². The van der Waals surface area contributed by atoms with Gasteiger partial charge in [-0.2, -0.15) is 0 Å². The van der Waals surface area contributed by atoms with Gasteiger partial charge in [-0.15, -0.1) is 0 Å². The molecule has 0 spiro atoms. The number of amides is 1. The molecular formula is C23H22N2O5. The second-order valence-electron chi connectivity index (χ2n) is 7.47. The van der Waals surface area contributed by atoms with Crippen LogP contribution >= 0.6 is 0 Å². The van der Waals surface area contributed by atoms with E-state index in [0.29, 0.717) is 17.4 Å². The minimum Gasteiger partial charge on any atom is -0.467 e. The van der Waals surface area contributed by atoms with E-state index in [0.717, 1.165) is 24.1 Å². The number of benzene rings is 2. The van der Waals surface area contributed by atoms with Crippen molar-refractivity contribution in [3.05, 3.63) is 70.9 Å². The molecule has 0 aliphatic heterocycles. The zero-order chi connectivity index (χ0) is 21.4. The number of aliphatic hydroxyl groups is 1. The summed E-state index contributed by atoms with van der Waals surface area (Å²) in [6.45, 7) is 0.479. The molecule has 1 atom stereocenters. The number of ether oxygens (including phenoxy) is 1. The SMILES string of the molecule is COC(=O)C(O)c1cccc2c1c(C(=O)C(N)=O)c(C1CC1)n2Cc1ccccc1. The molecule has 30 heavy (non-hydrogen) atoms. The number of rotatable bonds is 7. The van der Waals surface area contributed by atoms with Gasteiger partial charge >= 0.3 is 5.97 Å². The van der Waals surface area contributed by atoms with Crippen molar-refractivity contribution in [2.24, 2.45) is 5.73 Å². The number of fused-ring (bicyclic) bond motifs is 1. The highest BCUT2D eigenvalue weighted by molar-refractivity contribution is 6.45. The van der Waals surface area contributed by atoms with Gasteiger partial charge in [0.15, 0.2) is 6.10 Å². The largest absolute Gasteiger partial charge is 0.467 e. The van der Waals surface area contributed by atoms with Crippen molar-refractivity contribution < 1.29 is 24.2 Å². The van der Waals surface area contributed by atoms with Gasteiger partial charge in [0, 0.05) is 34.6 Å². The first-order chi connectivity index (χ1) is 14.4. The Kier molecular flexibility index (Phi) is 5.13. The Morgan fingerprint density at radius 2 is 1.83 bits per heavy atom. The zero-order valence-corrected chi connectivity index (χ0v) is 16.5. The normalized spacial score (nSPS) is 14.5. The molecule has 7 heteroatoms. The first-order valence-corrected chi connectivity index (χ1v) is 9.73. The van der Waals surface area contributed by atoms with E-state index in [1.807, 2.05) is 41.0 Å². The molecule has 1 aliphatic rings. The summed E-state index contributed by atoms with van der Waals surface area (Å²) in [5, 5.41) is 10.9. The van der Waals surface area contributed by atoms with Gasteiger partial charge in [0.05, 0.1) is 12.7 Å². The summed E-state index contributed by atoms with van der Waals surface area (Å²) in [4.78, 5) is 36.8. The van der Waals surface area contributed by atoms with Crippen LogP contribution in [0.2, 0.25) is 0 Å². The third-order valence-electron chi connectivity index (χ3n) is 5.48. The predicted molar refractivity (Wildman–Crippen MR) is 110 cm³/mol. The molecule has 0 saturated heterocycles. The third kappa shape index (κ3) is 3.37. The maximum atomic E-state index is 12.9. The van der Waals surface area contributed by atoms with Crippen LogP contribution in [0.15, 0.2) is 48.5 Å². The highest BCUT2D eigenvalue weighted by Crippen LogP contribution is 2.46. The van der Waals surface area contributed by atoms with E-state index in [2.05, 4.69) is 4.74 Å². The molecule has 154 valence electrons. The average Bonchev–Trinajstić information content (AvgIpc) is 3.55. The van der Waals surface area contributed by atoms with Gasteiger partial charge in [0.2, 0.25) is 0 Å². The number of Topliss-reactive ketones (excluding diaryl/α,β-unsaturated/α-hetero) is 1. The first-order valence-electron chi connectivity index (χ1n) is 9.73. The van der Waals surface area contributed by atoms with E-state index in [9.17, 15) is 19.5 Å². The lowest BCUT2D eigenvalue weighted by Gasteiger charge is -2.12. The van der Waals surface area contributed by atoms with Gasteiger partial charge in [-0.3, -0.25) is 9.59 Å². The van der Waals surface area contributed by atoms with Crippen LogP contribution in [0.3, 0.4) is 0 Å². The highest BCUT2D eigenvalue weighted by Gasteiger charge is 2.37. The molecule has 1 amide bonds. The van der Waals surface area contributed by atoms with E-state index >= 15 is 0 Å². The lowest BCUT2D eigenvalue weighted by atomic mass is 9.97. The van der Waals surface area contributed by atoms with E-state index in [4.69, 9.17) is 5.73 Å². The molecule has 3 N–H and O–H groups in total. The summed E-state index contributed by atoms with van der Waals surface area (Å²) in [6.07, 6.45) is 0.190. The number of methoxy groups -OCH3 is 1. The van der Waals surface area contributed by atoms with Crippen molar-refractivity contribution in [3.8, 4) is 0 Å². The van der Waals surface area contributed by atoms with Gasteiger partial charge < -0.3 is 20.1 Å². The molecular weight excluding hydrogens is 384 g/mol. The number of ketones is 1. The summed E-state index contributed by atoms with van der Waals surface area (Å²) in [5.41, 5.74) is 8.17. The summed E-state index contributed by atoms with van der Waals surface area (Å²) in [6, 6.07) is 14.8. The molecule has 1 saturated carbocycles. The molecule has 1 heterocycles. The third-order valence-corrected chi connectivity index (χ3v) is 5.48. The maximum Gasteiger partial charge on any atom is 0.339 e. The van der Waals surface area contributed by atoms with E-state index in [-0.39, 0.29) is 17.0 Å². The van der Waals surface area contributed by atoms with Gasteiger partial charge in [0.1, 0.15) is 0 Å². The molecule has 1 fully saturated rings. The van der Waals surface area contributed by atoms with Crippen LogP contribution in [0.1, 0.15) is 52.0 Å². The van der Waals surface area contributed by atoms with Gasteiger partial charge in [-0.1, -0.05) is 42.5 Å². The summed E-state index contributed by atoms with van der Waals surface area (Å²) < 4.78 is 6.68. The summed E-state index contributed by atoms with van der Waals surface area (Å²) in [7, 11) is 1.18. The monoisotopic (exact) mass is 406 g/mol. The molecule has 1 aliphatic carbocycles. The molecule has 0 radical (unpaired) electrons. The number of nitrogens with two attached hydrogens (primary N) is 1. The number of hydrogen-bond acceptors (Lipinski definition) is 5. The Bertz CT molecular complexity index is 1150. The fourth-order valence-electron chi connectivity index (χ4n) is 3.98. The van der Waals surface area contributed by atoms with Crippen LogP contribution in [0.25, 0.3) is 10.9 Å². The first kappa shape index (κ1) is 19.8. The maximum absolute atomic E-state index is 12.9. The minimum atomic E-state index is -1.59. The molecule has 4 rings (SSSR count). The van der Waals surface area contributed by atoms with Crippen molar-refractivity contribution in [3.63, 3.8) is 0 Å². The molecule has 3 aromatic rings. The smallest absolute Gasteiger partial charge is 0.339 e. The fourth-order valence-corrected chi connectivity index (χ4v) is 3.98. The van der Waals surface area contributed by atoms with Crippen LogP contribution in [-0.4, -0.2) is 34.4 Å². The summed E-state index contributed by atoms with van der Waals surface area (Å²) >= 11 is 0. The Balaban J connectivity index is 2.03. The molecule has 2 aromatic carbocycles. The van der Waals surface area contributed by atoms with Crippen molar-refractivity contribution in [1.82, 2.24) is 4.57 Å². The zero-order valence-electron chi connectivity index (χ0n) is 16.5. The van der Waals surface area contributed by atoms with E-state index < -0.39 is 23.8 Å². The summed E-state index contributed by atoms with van der Waals surface area (Å²) in [5.74, 6) is -2.62. The fraction of sp³-hybridized carbons (Fsp3) is 0.261. The number of aromatic nitrogens is 1. The minimum absolute atomic E-state index is 0.113. The Morgan fingerprint density at radius 3 is 2.43 bits per heavy atom. The topological polar surface area (TPSA) is 112 Å². The number of carbonyl (C=O) groups excluding carboxylic acids is 3. The Morgan fingerprint density at radius 1 is 1.13 bits per heavy atom. The van der Waals surface area contributed by atoms with Crippen LogP contribution in [0, 0.1) is 0 Å². The second-order valence-corrected chi connectivity index (χ2v) is 7.47. The number of hydrogen-bond donors (Lipinski definition) is 2. The quantitative estimate of drug-likeness (QED) is 0.356. The Labute approximate surface area is 173 Å². The Hall–Kier alpha value is -3.45. The number of aliphatic hydroxyl groups excluding tert-OH is 1. The molecule has 1 unspecified atom stereocenters. The lowest BCUT2D eigenvalue weighted by Crippen LogP contribution is -2.24. The van der Waals surface area contributed by atoms with Crippen molar-refractivity contribution in [1.29, 1.82) is 0 Å². The lowest BCUT2D eigenvalue weighted by molar-refractivity contribution is -0.150. The number of carbonyl (C=O) groups is 3. The van der Waals surface area contributed by atoms with Gasteiger partial charge in [-0.05, 0) is 24.5 Å². The second kappa shape index (κ2) is 7.76. The molecule has 7 nitrogen and oxygen atoms in total. The van der Waals surface area contributed by atoms with Crippen LogP contribution in [0.5, 0.6) is 0 Å². The molecule has 0 bridgehead atoms. The van der Waals surface area contributed by atoms with Gasteiger partial charge in [-0.25, -0.2) is 4.79 Å². The van der Waals surface area contributed by atoms with Crippen LogP contribution < -0.4 is 5.73 Å². The number of nitrogens with zero attached hydrogens (tertiary/aromatic N) is 1. The van der Waals surface area contributed by atoms with Crippen molar-refractivity contribution >= 4 is 28.6 Å². The van der Waals surface area contributed by atoms with E-state index in [1.165, 1.54) is 7.11 Å². The standard InChI is InChI=1S/C23H22N2O5/c1-30-23(29)20(26)15-8-5-9-16-17(15)18(21(27)22(24)28)19(14-10-11-14)25(16)12-13-6-3-2-4-7-13/h2-9,14,20,26H,10-12H2,1H3,(H2,24,28). The van der Waals surface area contributed by atoms with Crippen molar-refractivity contribution in [2.45, 2.75) is 31.4 Å². The number of primary amides is 1. The van der Waals surface area contributed by atoms with Crippen molar-refractivity contribution in [2.75, 3.05) is 7.11 Å². The highest BCUT2D eigenvalue weighted by atomic mass is 16.5. The average molecular weight is 406 g/mol. The van der Waals surface area contributed by atoms with E-state index in [1.54, 1.807) is 12.1 Å².